The molecule has 3 amide bonds. The molecule has 0 fully saturated rings. The molecule has 0 unspecified atom stereocenters. The van der Waals surface area contributed by atoms with Crippen molar-refractivity contribution in [3.05, 3.63) is 72.4 Å². The summed E-state index contributed by atoms with van der Waals surface area (Å²) in [6, 6.07) is 17.0. The van der Waals surface area contributed by atoms with Crippen molar-refractivity contribution < 1.29 is 23.8 Å². The fourth-order valence-corrected chi connectivity index (χ4v) is 3.63. The highest BCUT2D eigenvalue weighted by Gasteiger charge is 2.13. The normalized spacial score (nSPS) is 10.5. The molecule has 0 aliphatic carbocycles. The summed E-state index contributed by atoms with van der Waals surface area (Å²) in [4.78, 5) is 28.4. The molecule has 4 aromatic rings. The van der Waals surface area contributed by atoms with Gasteiger partial charge >= 0.3 is 6.03 Å². The number of carbonyl (C=O) groups is 2. The number of benzene rings is 3. The lowest BCUT2D eigenvalue weighted by Crippen LogP contribution is -2.19. The van der Waals surface area contributed by atoms with E-state index in [0.717, 1.165) is 10.9 Å². The average molecular weight is 521 g/mol. The number of hydrogen-bond donors (Lipinski definition) is 3. The molecule has 10 heteroatoms. The maximum atomic E-state index is 12.6. The number of ether oxygens (including phenoxy) is 3. The van der Waals surface area contributed by atoms with Crippen LogP contribution in [0.2, 0.25) is 0 Å². The lowest BCUT2D eigenvalue weighted by molar-refractivity contribution is -0.113. The monoisotopic (exact) mass is 520 g/mol. The van der Waals surface area contributed by atoms with Crippen molar-refractivity contribution in [2.75, 3.05) is 36.0 Å². The van der Waals surface area contributed by atoms with E-state index in [1.54, 1.807) is 68.9 Å². The zero-order valence-corrected chi connectivity index (χ0v) is 21.2. The van der Waals surface area contributed by atoms with E-state index >= 15 is 0 Å². The van der Waals surface area contributed by atoms with Gasteiger partial charge in [-0.2, -0.15) is 0 Å². The van der Waals surface area contributed by atoms with Gasteiger partial charge in [-0.15, -0.1) is 11.6 Å². The van der Waals surface area contributed by atoms with E-state index < -0.39 is 6.03 Å². The maximum absolute atomic E-state index is 12.6. The van der Waals surface area contributed by atoms with E-state index in [2.05, 4.69) is 20.9 Å². The molecular weight excluding hydrogens is 496 g/mol. The highest BCUT2D eigenvalue weighted by molar-refractivity contribution is 6.29. The molecule has 190 valence electrons. The second-order valence-electron chi connectivity index (χ2n) is 7.95. The zero-order valence-electron chi connectivity index (χ0n) is 20.4. The Labute approximate surface area is 218 Å². The molecule has 0 aliphatic heterocycles. The second-order valence-corrected chi connectivity index (χ2v) is 8.22. The van der Waals surface area contributed by atoms with Gasteiger partial charge in [0.25, 0.3) is 0 Å². The van der Waals surface area contributed by atoms with Crippen molar-refractivity contribution in [3.8, 4) is 23.0 Å². The molecule has 3 N–H and O–H groups in total. The molecule has 1 heterocycles. The molecule has 37 heavy (non-hydrogen) atoms. The van der Waals surface area contributed by atoms with E-state index in [4.69, 9.17) is 25.8 Å². The van der Waals surface area contributed by atoms with E-state index in [-0.39, 0.29) is 11.8 Å². The number of aryl methyl sites for hydroxylation is 1. The minimum Gasteiger partial charge on any atom is -0.493 e. The summed E-state index contributed by atoms with van der Waals surface area (Å²) in [6.07, 6.45) is 1.65. The number of halogens is 1. The van der Waals surface area contributed by atoms with Crippen LogP contribution in [0.3, 0.4) is 0 Å². The van der Waals surface area contributed by atoms with Gasteiger partial charge in [0, 0.05) is 40.8 Å². The molecule has 0 bridgehead atoms. The summed E-state index contributed by atoms with van der Waals surface area (Å²) in [5.41, 5.74) is 3.25. The van der Waals surface area contributed by atoms with Gasteiger partial charge in [0.15, 0.2) is 11.5 Å². The van der Waals surface area contributed by atoms with Crippen LogP contribution < -0.4 is 30.2 Å². The first-order valence-corrected chi connectivity index (χ1v) is 11.8. The van der Waals surface area contributed by atoms with Crippen LogP contribution in [0, 0.1) is 6.92 Å². The van der Waals surface area contributed by atoms with Crippen LogP contribution in [0.5, 0.6) is 23.0 Å². The number of hydrogen-bond acceptors (Lipinski definition) is 6. The largest absolute Gasteiger partial charge is 0.493 e. The van der Waals surface area contributed by atoms with Crippen molar-refractivity contribution >= 4 is 51.5 Å². The van der Waals surface area contributed by atoms with Gasteiger partial charge in [-0.25, -0.2) is 4.79 Å². The summed E-state index contributed by atoms with van der Waals surface area (Å²) >= 11 is 5.50. The number of alkyl halides is 1. The highest BCUT2D eigenvalue weighted by atomic mass is 35.5. The van der Waals surface area contributed by atoms with Gasteiger partial charge in [-0.3, -0.25) is 9.78 Å². The van der Waals surface area contributed by atoms with E-state index in [9.17, 15) is 9.59 Å². The van der Waals surface area contributed by atoms with Crippen LogP contribution in [0.4, 0.5) is 21.9 Å². The standard InChI is InChI=1S/C27H25ClN4O5/c1-16-4-5-19(32-27(34)31-18-8-6-17(7-9-18)30-26(33)15-28)12-23(16)37-22-10-11-29-21-14-25(36-3)24(35-2)13-20(21)22/h4-14H,15H2,1-3H3,(H,30,33)(H2,31,32,34). The second kappa shape index (κ2) is 11.5. The van der Waals surface area contributed by atoms with Crippen LogP contribution >= 0.6 is 11.6 Å². The third-order valence-corrected chi connectivity index (χ3v) is 5.66. The van der Waals surface area contributed by atoms with Crippen molar-refractivity contribution in [3.63, 3.8) is 0 Å². The molecule has 0 aliphatic rings. The fraction of sp³-hybridized carbons (Fsp3) is 0.148. The van der Waals surface area contributed by atoms with E-state index in [1.165, 1.54) is 0 Å². The Morgan fingerprint density at radius 2 is 1.41 bits per heavy atom. The number of carbonyl (C=O) groups excluding carboxylic acids is 2. The highest BCUT2D eigenvalue weighted by Crippen LogP contribution is 2.38. The number of rotatable bonds is 8. The molecule has 3 aromatic carbocycles. The first-order chi connectivity index (χ1) is 17.9. The summed E-state index contributed by atoms with van der Waals surface area (Å²) in [7, 11) is 3.14. The molecule has 0 saturated heterocycles. The van der Waals surface area contributed by atoms with Gasteiger partial charge < -0.3 is 30.2 Å². The lowest BCUT2D eigenvalue weighted by atomic mass is 10.1. The Hall–Kier alpha value is -4.50. The summed E-state index contributed by atoms with van der Waals surface area (Å²) < 4.78 is 17.0. The van der Waals surface area contributed by atoms with Crippen LogP contribution in [0.15, 0.2) is 66.9 Å². The lowest BCUT2D eigenvalue weighted by Gasteiger charge is -2.15. The summed E-state index contributed by atoms with van der Waals surface area (Å²) in [5.74, 6) is 1.84. The number of nitrogens with zero attached hydrogens (tertiary/aromatic N) is 1. The maximum Gasteiger partial charge on any atom is 0.323 e. The molecule has 0 saturated carbocycles. The molecule has 0 spiro atoms. The third-order valence-electron chi connectivity index (χ3n) is 5.42. The Bertz CT molecular complexity index is 1440. The molecule has 0 radical (unpaired) electrons. The van der Waals surface area contributed by atoms with Crippen LogP contribution in [0.1, 0.15) is 5.56 Å². The van der Waals surface area contributed by atoms with Gasteiger partial charge in [0.05, 0.1) is 19.7 Å². The number of fused-ring (bicyclic) bond motifs is 1. The van der Waals surface area contributed by atoms with Gasteiger partial charge in [-0.1, -0.05) is 6.07 Å². The first-order valence-electron chi connectivity index (χ1n) is 11.2. The Morgan fingerprint density at radius 1 is 0.784 bits per heavy atom. The Morgan fingerprint density at radius 3 is 2.08 bits per heavy atom. The van der Waals surface area contributed by atoms with Crippen LogP contribution in [0.25, 0.3) is 10.9 Å². The predicted octanol–water partition coefficient (Wildman–Crippen LogP) is 6.17. The topological polar surface area (TPSA) is 111 Å². The number of anilines is 3. The molecule has 1 aromatic heterocycles. The summed E-state index contributed by atoms with van der Waals surface area (Å²) in [5, 5.41) is 8.94. The Balaban J connectivity index is 1.49. The molecule has 0 atom stereocenters. The van der Waals surface area contributed by atoms with Crippen molar-refractivity contribution in [2.45, 2.75) is 6.92 Å². The minimum atomic E-state index is -0.432. The SMILES string of the molecule is COc1cc2nccc(Oc3cc(NC(=O)Nc4ccc(NC(=O)CCl)cc4)ccc3C)c2cc1OC. The molecular formula is C27H25ClN4O5. The number of nitrogens with one attached hydrogen (secondary N) is 3. The predicted molar refractivity (Wildman–Crippen MR) is 145 cm³/mol. The summed E-state index contributed by atoms with van der Waals surface area (Å²) in [6.45, 7) is 1.91. The quantitative estimate of drug-likeness (QED) is 0.239. The minimum absolute atomic E-state index is 0.134. The van der Waals surface area contributed by atoms with Crippen LogP contribution in [-0.2, 0) is 4.79 Å². The smallest absolute Gasteiger partial charge is 0.323 e. The van der Waals surface area contributed by atoms with Crippen LogP contribution in [-0.4, -0.2) is 37.0 Å². The first kappa shape index (κ1) is 25.6. The van der Waals surface area contributed by atoms with Crippen molar-refractivity contribution in [1.82, 2.24) is 4.98 Å². The zero-order chi connectivity index (χ0) is 26.4. The number of urea groups is 1. The average Bonchev–Trinajstić information content (AvgIpc) is 2.90. The van der Waals surface area contributed by atoms with E-state index in [1.807, 2.05) is 19.1 Å². The fourth-order valence-electron chi connectivity index (χ4n) is 3.57. The number of pyridine rings is 1. The molecule has 4 rings (SSSR count). The van der Waals surface area contributed by atoms with Crippen molar-refractivity contribution in [2.24, 2.45) is 0 Å². The van der Waals surface area contributed by atoms with Gasteiger partial charge in [0.2, 0.25) is 5.91 Å². The van der Waals surface area contributed by atoms with Crippen molar-refractivity contribution in [1.29, 1.82) is 0 Å². The van der Waals surface area contributed by atoms with Gasteiger partial charge in [0.1, 0.15) is 17.4 Å². The number of aromatic nitrogens is 1. The van der Waals surface area contributed by atoms with E-state index in [0.29, 0.717) is 45.6 Å². The number of methoxy groups -OCH3 is 2. The third kappa shape index (κ3) is 6.20. The Kier molecular flexibility index (Phi) is 7.95. The van der Waals surface area contributed by atoms with Gasteiger partial charge in [-0.05, 0) is 55.0 Å². The molecule has 9 nitrogen and oxygen atoms in total. The number of amides is 3.